The van der Waals surface area contributed by atoms with Crippen LogP contribution in [-0.4, -0.2) is 37.6 Å². The van der Waals surface area contributed by atoms with Crippen LogP contribution in [0.25, 0.3) is 0 Å². The van der Waals surface area contributed by atoms with Gasteiger partial charge in [-0.1, -0.05) is 6.92 Å². The normalized spacial score (nSPS) is 12.3. The number of anilines is 2. The van der Waals surface area contributed by atoms with Crippen LogP contribution in [0.2, 0.25) is 0 Å². The summed E-state index contributed by atoms with van der Waals surface area (Å²) in [4.78, 5) is 14.1. The largest absolute Gasteiger partial charge is 0.497 e. The molecule has 1 aromatic rings. The third-order valence-electron chi connectivity index (χ3n) is 3.13. The highest BCUT2D eigenvalue weighted by molar-refractivity contribution is 5.97. The first-order chi connectivity index (χ1) is 8.99. The Kier molecular flexibility index (Phi) is 5.63. The molecule has 3 N–H and O–H groups in total. The maximum absolute atomic E-state index is 12.1. The van der Waals surface area contributed by atoms with Crippen molar-refractivity contribution < 1.29 is 9.53 Å². The van der Waals surface area contributed by atoms with Crippen LogP contribution in [0.1, 0.15) is 20.3 Å². The molecule has 1 rings (SSSR count). The van der Waals surface area contributed by atoms with Crippen LogP contribution in [0, 0.1) is 0 Å². The van der Waals surface area contributed by atoms with Gasteiger partial charge in [0.25, 0.3) is 0 Å². The number of likely N-dealkylation sites (N-methyl/N-ethyl adjacent to an activating group) is 1. The Morgan fingerprint density at radius 2 is 2.21 bits per heavy atom. The molecular formula is C14H23N3O2. The molecule has 106 valence electrons. The Hall–Kier alpha value is -1.75. The van der Waals surface area contributed by atoms with E-state index in [2.05, 4.69) is 12.2 Å². The molecule has 1 aromatic carbocycles. The number of nitrogens with one attached hydrogen (secondary N) is 1. The number of nitrogens with zero attached hydrogens (tertiary/aromatic N) is 1. The van der Waals surface area contributed by atoms with E-state index in [1.165, 1.54) is 0 Å². The van der Waals surface area contributed by atoms with Crippen LogP contribution >= 0.6 is 0 Å². The fourth-order valence-electron chi connectivity index (χ4n) is 1.77. The van der Waals surface area contributed by atoms with Crippen molar-refractivity contribution in [3.05, 3.63) is 18.2 Å². The summed E-state index contributed by atoms with van der Waals surface area (Å²) in [5, 5.41) is 2.84. The average Bonchev–Trinajstić information content (AvgIpc) is 2.40. The van der Waals surface area contributed by atoms with E-state index < -0.39 is 0 Å². The van der Waals surface area contributed by atoms with Gasteiger partial charge < -0.3 is 15.8 Å². The monoisotopic (exact) mass is 265 g/mol. The minimum atomic E-state index is -0.193. The lowest BCUT2D eigenvalue weighted by molar-refractivity contribution is -0.120. The second-order valence-corrected chi connectivity index (χ2v) is 4.60. The van der Waals surface area contributed by atoms with Gasteiger partial charge in [-0.15, -0.1) is 0 Å². The zero-order valence-corrected chi connectivity index (χ0v) is 12.1. The lowest BCUT2D eigenvalue weighted by Gasteiger charge is -2.23. The molecule has 0 heterocycles. The molecule has 0 aliphatic carbocycles. The van der Waals surface area contributed by atoms with Crippen molar-refractivity contribution in [1.82, 2.24) is 4.90 Å². The molecule has 0 saturated carbocycles. The van der Waals surface area contributed by atoms with Gasteiger partial charge in [0.1, 0.15) is 5.75 Å². The summed E-state index contributed by atoms with van der Waals surface area (Å²) < 4.78 is 5.07. The minimum absolute atomic E-state index is 0.0622. The van der Waals surface area contributed by atoms with E-state index in [-0.39, 0.29) is 11.9 Å². The second-order valence-electron chi connectivity index (χ2n) is 4.60. The predicted octanol–water partition coefficient (Wildman–Crippen LogP) is 1.95. The van der Waals surface area contributed by atoms with E-state index in [1.807, 2.05) is 18.9 Å². The molecule has 0 spiro atoms. The van der Waals surface area contributed by atoms with E-state index in [0.717, 1.165) is 13.0 Å². The Morgan fingerprint density at radius 3 is 2.74 bits per heavy atom. The zero-order chi connectivity index (χ0) is 14.4. The highest BCUT2D eigenvalue weighted by Gasteiger charge is 2.18. The van der Waals surface area contributed by atoms with Crippen LogP contribution in [0.15, 0.2) is 18.2 Å². The number of nitrogen functional groups attached to an aromatic ring is 1. The van der Waals surface area contributed by atoms with Gasteiger partial charge in [-0.05, 0) is 39.1 Å². The van der Waals surface area contributed by atoms with Gasteiger partial charge in [0.2, 0.25) is 5.91 Å². The van der Waals surface area contributed by atoms with Crippen LogP contribution in [0.3, 0.4) is 0 Å². The third kappa shape index (κ3) is 4.13. The van der Waals surface area contributed by atoms with Crippen molar-refractivity contribution in [2.24, 2.45) is 0 Å². The summed E-state index contributed by atoms with van der Waals surface area (Å²) in [5.41, 5.74) is 6.98. The first-order valence-corrected chi connectivity index (χ1v) is 6.44. The Bertz CT molecular complexity index is 435. The van der Waals surface area contributed by atoms with Gasteiger partial charge in [-0.25, -0.2) is 0 Å². The van der Waals surface area contributed by atoms with Crippen molar-refractivity contribution in [3.63, 3.8) is 0 Å². The molecule has 0 radical (unpaired) electrons. The SMILES string of the molecule is CCCN(C)C(C)C(=O)Nc1ccc(OC)cc1N. The summed E-state index contributed by atoms with van der Waals surface area (Å²) >= 11 is 0. The number of rotatable bonds is 6. The average molecular weight is 265 g/mol. The first kappa shape index (κ1) is 15.3. The first-order valence-electron chi connectivity index (χ1n) is 6.44. The van der Waals surface area contributed by atoms with Crippen molar-refractivity contribution in [3.8, 4) is 5.75 Å². The van der Waals surface area contributed by atoms with Gasteiger partial charge in [-0.2, -0.15) is 0 Å². The molecular weight excluding hydrogens is 242 g/mol. The maximum atomic E-state index is 12.1. The van der Waals surface area contributed by atoms with Crippen LogP contribution in [0.5, 0.6) is 5.75 Å². The second kappa shape index (κ2) is 6.99. The topological polar surface area (TPSA) is 67.6 Å². The minimum Gasteiger partial charge on any atom is -0.497 e. The summed E-state index contributed by atoms with van der Waals surface area (Å²) in [5.74, 6) is 0.611. The molecule has 1 unspecified atom stereocenters. The molecule has 19 heavy (non-hydrogen) atoms. The van der Waals surface area contributed by atoms with E-state index in [1.54, 1.807) is 25.3 Å². The number of ether oxygens (including phenoxy) is 1. The lowest BCUT2D eigenvalue weighted by Crippen LogP contribution is -2.40. The summed E-state index contributed by atoms with van der Waals surface area (Å²) in [6, 6.07) is 5.02. The summed E-state index contributed by atoms with van der Waals surface area (Å²) in [7, 11) is 3.51. The molecule has 0 aromatic heterocycles. The fourth-order valence-corrected chi connectivity index (χ4v) is 1.77. The fraction of sp³-hybridized carbons (Fsp3) is 0.500. The molecule has 5 heteroatoms. The Labute approximate surface area is 114 Å². The number of hydrogen-bond donors (Lipinski definition) is 2. The standard InChI is InChI=1S/C14H23N3O2/c1-5-8-17(3)10(2)14(18)16-13-7-6-11(19-4)9-12(13)15/h6-7,9-10H,5,8,15H2,1-4H3,(H,16,18). The molecule has 0 fully saturated rings. The molecule has 5 nitrogen and oxygen atoms in total. The van der Waals surface area contributed by atoms with Gasteiger partial charge in [0.15, 0.2) is 0 Å². The molecule has 0 saturated heterocycles. The van der Waals surface area contributed by atoms with Crippen molar-refractivity contribution in [2.45, 2.75) is 26.3 Å². The number of methoxy groups -OCH3 is 1. The van der Waals surface area contributed by atoms with E-state index in [4.69, 9.17) is 10.5 Å². The number of hydrogen-bond acceptors (Lipinski definition) is 4. The Balaban J connectivity index is 2.71. The smallest absolute Gasteiger partial charge is 0.241 e. The third-order valence-corrected chi connectivity index (χ3v) is 3.13. The molecule has 1 amide bonds. The van der Waals surface area contributed by atoms with E-state index in [9.17, 15) is 4.79 Å². The van der Waals surface area contributed by atoms with E-state index >= 15 is 0 Å². The highest BCUT2D eigenvalue weighted by Crippen LogP contribution is 2.24. The number of nitrogens with two attached hydrogens (primary N) is 1. The number of benzene rings is 1. The van der Waals surface area contributed by atoms with Crippen LogP contribution in [0.4, 0.5) is 11.4 Å². The Morgan fingerprint density at radius 1 is 1.53 bits per heavy atom. The van der Waals surface area contributed by atoms with Crippen molar-refractivity contribution in [1.29, 1.82) is 0 Å². The summed E-state index contributed by atoms with van der Waals surface area (Å²) in [6.45, 7) is 4.85. The highest BCUT2D eigenvalue weighted by atomic mass is 16.5. The van der Waals surface area contributed by atoms with Gasteiger partial charge in [0, 0.05) is 6.07 Å². The number of carbonyl (C=O) groups is 1. The number of amides is 1. The zero-order valence-electron chi connectivity index (χ0n) is 12.1. The molecule has 0 aliphatic heterocycles. The van der Waals surface area contributed by atoms with Crippen LogP contribution < -0.4 is 15.8 Å². The van der Waals surface area contributed by atoms with Gasteiger partial charge in [-0.3, -0.25) is 9.69 Å². The molecule has 0 bridgehead atoms. The lowest BCUT2D eigenvalue weighted by atomic mass is 10.2. The number of carbonyl (C=O) groups excluding carboxylic acids is 1. The summed E-state index contributed by atoms with van der Waals surface area (Å²) in [6.07, 6.45) is 1.01. The van der Waals surface area contributed by atoms with Crippen molar-refractivity contribution >= 4 is 17.3 Å². The van der Waals surface area contributed by atoms with Crippen LogP contribution in [-0.2, 0) is 4.79 Å². The predicted molar refractivity (Wildman–Crippen MR) is 78.4 cm³/mol. The van der Waals surface area contributed by atoms with E-state index in [0.29, 0.717) is 17.1 Å². The molecule has 1 atom stereocenters. The maximum Gasteiger partial charge on any atom is 0.241 e. The van der Waals surface area contributed by atoms with Gasteiger partial charge >= 0.3 is 0 Å². The van der Waals surface area contributed by atoms with Gasteiger partial charge in [0.05, 0.1) is 24.5 Å². The quantitative estimate of drug-likeness (QED) is 0.771. The van der Waals surface area contributed by atoms with Crippen molar-refractivity contribution in [2.75, 3.05) is 31.8 Å². The molecule has 0 aliphatic rings.